The van der Waals surface area contributed by atoms with Gasteiger partial charge in [0.05, 0.1) is 10.8 Å². The summed E-state index contributed by atoms with van der Waals surface area (Å²) in [5.41, 5.74) is 1.36. The zero-order chi connectivity index (χ0) is 35.5. The van der Waals surface area contributed by atoms with Crippen molar-refractivity contribution in [3.63, 3.8) is 0 Å². The maximum atomic E-state index is 15.5. The second-order valence-electron chi connectivity index (χ2n) is 14.8. The first-order valence-electron chi connectivity index (χ1n) is 17.7. The molecule has 6 aliphatic heterocycles. The number of piperazine rings is 2. The molecule has 4 fully saturated rings. The number of rotatable bonds is 5. The van der Waals surface area contributed by atoms with E-state index in [4.69, 9.17) is 0 Å². The topological polar surface area (TPSA) is 123 Å². The SMILES string of the molecule is O=C1N[C@@H](Cc2ccccc2)C(=O)N2[C@H]3Nc4ccc(F)cc4[C@@]3([C@@]34C[C@H]5C(=O)N[C@@H](Cc6ccccc6)C(=O)N5[C@H]3Nc3ccc(F)cc34)C[C@@H]12. The first kappa shape index (κ1) is 31.0. The molecule has 12 heteroatoms. The number of fused-ring (bicyclic) bond motifs is 11. The molecule has 4 saturated heterocycles. The zero-order valence-corrected chi connectivity index (χ0v) is 27.8. The number of hydrogen-bond donors (Lipinski definition) is 4. The summed E-state index contributed by atoms with van der Waals surface area (Å²) < 4.78 is 31.0. The molecule has 0 radical (unpaired) electrons. The number of nitrogens with one attached hydrogen (secondary N) is 4. The van der Waals surface area contributed by atoms with Crippen molar-refractivity contribution in [1.82, 2.24) is 20.4 Å². The largest absolute Gasteiger partial charge is 0.364 e. The number of halogens is 2. The van der Waals surface area contributed by atoms with Crippen LogP contribution in [0.1, 0.15) is 35.1 Å². The van der Waals surface area contributed by atoms with E-state index in [0.717, 1.165) is 11.1 Å². The van der Waals surface area contributed by atoms with Gasteiger partial charge in [-0.3, -0.25) is 19.2 Å². The lowest BCUT2D eigenvalue weighted by Gasteiger charge is -2.48. The molecular weight excluding hydrogens is 666 g/mol. The first-order chi connectivity index (χ1) is 25.2. The molecule has 4 aromatic carbocycles. The van der Waals surface area contributed by atoms with E-state index in [-0.39, 0.29) is 49.3 Å². The summed E-state index contributed by atoms with van der Waals surface area (Å²) in [7, 11) is 0. The highest BCUT2D eigenvalue weighted by Crippen LogP contribution is 2.69. The van der Waals surface area contributed by atoms with E-state index in [2.05, 4.69) is 21.3 Å². The zero-order valence-electron chi connectivity index (χ0n) is 27.8. The number of benzene rings is 4. The second-order valence-corrected chi connectivity index (χ2v) is 14.8. The maximum Gasteiger partial charge on any atom is 0.247 e. The van der Waals surface area contributed by atoms with Crippen LogP contribution in [0.3, 0.4) is 0 Å². The minimum absolute atomic E-state index is 0.0503. The lowest BCUT2D eigenvalue weighted by molar-refractivity contribution is -0.149. The molecular formula is C40H34F2N6O4. The van der Waals surface area contributed by atoms with Crippen molar-refractivity contribution in [2.45, 2.75) is 73.0 Å². The van der Waals surface area contributed by atoms with Crippen LogP contribution < -0.4 is 21.3 Å². The van der Waals surface area contributed by atoms with Crippen molar-refractivity contribution in [2.24, 2.45) is 0 Å². The van der Waals surface area contributed by atoms with E-state index in [9.17, 15) is 19.2 Å². The normalized spacial score (nSPS) is 32.1. The van der Waals surface area contributed by atoms with Gasteiger partial charge in [0.15, 0.2) is 0 Å². The van der Waals surface area contributed by atoms with Crippen molar-refractivity contribution < 1.29 is 28.0 Å². The van der Waals surface area contributed by atoms with Crippen LogP contribution in [0.5, 0.6) is 0 Å². The van der Waals surface area contributed by atoms with E-state index < -0.39 is 59.0 Å². The fraction of sp³-hybridized carbons (Fsp3) is 0.300. The highest BCUT2D eigenvalue weighted by molar-refractivity contribution is 6.01. The maximum absolute atomic E-state index is 15.5. The standard InChI is InChI=1S/C40H34F2N6O4/c41-23-11-13-27-25(17-23)39(19-31-33(49)43-29(15-21-7-3-1-4-8-21)35(51)47(31)37(39)45-27)40-20-32-34(50)44-30(16-22-9-5-2-6-10-22)36(52)48(32)38(40)46-28-14-12-24(42)18-26(28)40/h1-14,17-18,29-32,37-38,45-46H,15-16,19-20H2,(H,43,49)(H,44,50)/t29-,30-,31-,32-,37+,38+,39-,40+/m0/s1. The van der Waals surface area contributed by atoms with Crippen LogP contribution >= 0.6 is 0 Å². The Kier molecular flexibility index (Phi) is 6.48. The number of carbonyl (C=O) groups is 4. The molecule has 0 spiro atoms. The molecule has 4 amide bonds. The molecule has 52 heavy (non-hydrogen) atoms. The van der Waals surface area contributed by atoms with Crippen LogP contribution in [0.15, 0.2) is 97.1 Å². The Morgan fingerprint density at radius 1 is 0.558 bits per heavy atom. The molecule has 262 valence electrons. The predicted molar refractivity (Wildman–Crippen MR) is 186 cm³/mol. The fourth-order valence-corrected chi connectivity index (χ4v) is 10.4. The van der Waals surface area contributed by atoms with Crippen LogP contribution in [-0.4, -0.2) is 69.9 Å². The van der Waals surface area contributed by atoms with Crippen LogP contribution in [0.4, 0.5) is 20.2 Å². The summed E-state index contributed by atoms with van der Waals surface area (Å²) in [5, 5.41) is 12.9. The number of amides is 4. The summed E-state index contributed by atoms with van der Waals surface area (Å²) in [6.07, 6.45) is -1.13. The molecule has 0 aliphatic carbocycles. The average Bonchev–Trinajstić information content (AvgIpc) is 3.85. The summed E-state index contributed by atoms with van der Waals surface area (Å²) in [5.74, 6) is -2.33. The van der Waals surface area contributed by atoms with Gasteiger partial charge in [0.1, 0.15) is 48.1 Å². The lowest BCUT2D eigenvalue weighted by Crippen LogP contribution is -2.67. The third-order valence-corrected chi connectivity index (χ3v) is 12.4. The molecule has 4 N–H and O–H groups in total. The summed E-state index contributed by atoms with van der Waals surface area (Å²) >= 11 is 0. The molecule has 0 unspecified atom stereocenters. The van der Waals surface area contributed by atoms with Crippen LogP contribution in [0, 0.1) is 11.6 Å². The average molecular weight is 701 g/mol. The Balaban J connectivity index is 1.15. The van der Waals surface area contributed by atoms with Gasteiger partial charge in [-0.05, 0) is 71.5 Å². The Hall–Kier alpha value is -5.78. The third kappa shape index (κ3) is 4.03. The summed E-state index contributed by atoms with van der Waals surface area (Å²) in [4.78, 5) is 60.7. The molecule has 0 saturated carbocycles. The second kappa shape index (κ2) is 10.9. The van der Waals surface area contributed by atoms with Crippen LogP contribution in [-0.2, 0) is 42.8 Å². The minimum Gasteiger partial charge on any atom is -0.364 e. The van der Waals surface area contributed by atoms with Crippen LogP contribution in [0.25, 0.3) is 0 Å². The molecule has 6 heterocycles. The summed E-state index contributed by atoms with van der Waals surface area (Å²) in [6.45, 7) is 0. The molecule has 0 aromatic heterocycles. The Labute approximate surface area is 297 Å². The van der Waals surface area contributed by atoms with Gasteiger partial charge in [0.25, 0.3) is 0 Å². The van der Waals surface area contributed by atoms with Gasteiger partial charge in [0, 0.05) is 24.2 Å². The Morgan fingerprint density at radius 3 is 1.37 bits per heavy atom. The monoisotopic (exact) mass is 700 g/mol. The van der Waals surface area contributed by atoms with Gasteiger partial charge in [-0.1, -0.05) is 60.7 Å². The molecule has 8 atom stereocenters. The molecule has 10 rings (SSSR count). The van der Waals surface area contributed by atoms with E-state index in [1.165, 1.54) is 24.3 Å². The van der Waals surface area contributed by atoms with Crippen molar-refractivity contribution in [1.29, 1.82) is 0 Å². The number of nitrogens with zero attached hydrogens (tertiary/aromatic N) is 2. The van der Waals surface area contributed by atoms with Gasteiger partial charge in [0.2, 0.25) is 23.6 Å². The first-order valence-corrected chi connectivity index (χ1v) is 17.7. The van der Waals surface area contributed by atoms with Crippen molar-refractivity contribution in [2.75, 3.05) is 10.6 Å². The van der Waals surface area contributed by atoms with Crippen molar-refractivity contribution in [3.8, 4) is 0 Å². The fourth-order valence-electron chi connectivity index (χ4n) is 10.4. The third-order valence-electron chi connectivity index (χ3n) is 12.4. The number of carbonyl (C=O) groups excluding carboxylic acids is 4. The summed E-state index contributed by atoms with van der Waals surface area (Å²) in [6, 6.07) is 24.0. The van der Waals surface area contributed by atoms with E-state index in [1.807, 2.05) is 60.7 Å². The quantitative estimate of drug-likeness (QED) is 0.254. The van der Waals surface area contributed by atoms with E-state index >= 15 is 8.78 Å². The smallest absolute Gasteiger partial charge is 0.247 e. The molecule has 0 bridgehead atoms. The van der Waals surface area contributed by atoms with Crippen molar-refractivity contribution in [3.05, 3.63) is 131 Å². The predicted octanol–water partition coefficient (Wildman–Crippen LogP) is 3.33. The number of anilines is 2. The highest BCUT2D eigenvalue weighted by atomic mass is 19.1. The van der Waals surface area contributed by atoms with Gasteiger partial charge in [-0.2, -0.15) is 0 Å². The lowest BCUT2D eigenvalue weighted by atomic mass is 9.54. The minimum atomic E-state index is -1.28. The Morgan fingerprint density at radius 2 is 0.962 bits per heavy atom. The molecule has 4 aromatic rings. The highest BCUT2D eigenvalue weighted by Gasteiger charge is 2.78. The van der Waals surface area contributed by atoms with Gasteiger partial charge in [-0.25, -0.2) is 8.78 Å². The Bertz CT molecular complexity index is 2050. The van der Waals surface area contributed by atoms with E-state index in [1.54, 1.807) is 21.9 Å². The molecule has 6 aliphatic rings. The number of hydrogen-bond acceptors (Lipinski definition) is 6. The van der Waals surface area contributed by atoms with Crippen LogP contribution in [0.2, 0.25) is 0 Å². The van der Waals surface area contributed by atoms with E-state index in [0.29, 0.717) is 22.5 Å². The van der Waals surface area contributed by atoms with Gasteiger partial charge >= 0.3 is 0 Å². The van der Waals surface area contributed by atoms with Crippen molar-refractivity contribution >= 4 is 35.0 Å². The molecule has 10 nitrogen and oxygen atoms in total. The van der Waals surface area contributed by atoms with Gasteiger partial charge < -0.3 is 31.1 Å². The van der Waals surface area contributed by atoms with Gasteiger partial charge in [-0.15, -0.1) is 0 Å².